The van der Waals surface area contributed by atoms with E-state index in [4.69, 9.17) is 5.73 Å². The van der Waals surface area contributed by atoms with E-state index < -0.39 is 0 Å². The Hall–Kier alpha value is -1.66. The summed E-state index contributed by atoms with van der Waals surface area (Å²) < 4.78 is 15.0. The number of halogens is 3. The van der Waals surface area contributed by atoms with Crippen LogP contribution in [-0.4, -0.2) is 10.2 Å². The Labute approximate surface area is 137 Å². The van der Waals surface area contributed by atoms with Crippen molar-refractivity contribution < 1.29 is 4.39 Å². The minimum absolute atomic E-state index is 0.285. The van der Waals surface area contributed by atoms with Gasteiger partial charge in [0.15, 0.2) is 5.82 Å². The number of nitrogen functional groups attached to an aromatic ring is 1. The van der Waals surface area contributed by atoms with Crippen molar-refractivity contribution in [3.8, 4) is 22.4 Å². The van der Waals surface area contributed by atoms with E-state index in [2.05, 4.69) is 42.1 Å². The number of nitrogens with two attached hydrogens (primary N) is 1. The second-order valence-electron chi connectivity index (χ2n) is 4.52. The van der Waals surface area contributed by atoms with E-state index in [-0.39, 0.29) is 5.82 Å². The zero-order chi connectivity index (χ0) is 15.0. The second-order valence-corrected chi connectivity index (χ2v) is 6.36. The standard InChI is InChI=1S/C15H10Br2FN3/c16-10-5-9(6-11(17)7-10)14-13(15(19)21-20-14)8-1-3-12(18)4-2-8/h1-7H,(H3,19,20,21). The Kier molecular flexibility index (Phi) is 3.82. The Morgan fingerprint density at radius 2 is 1.57 bits per heavy atom. The molecule has 0 aliphatic carbocycles. The molecule has 0 bridgehead atoms. The molecule has 0 radical (unpaired) electrons. The van der Waals surface area contributed by atoms with E-state index in [1.165, 1.54) is 12.1 Å². The summed E-state index contributed by atoms with van der Waals surface area (Å²) >= 11 is 6.92. The lowest BCUT2D eigenvalue weighted by Crippen LogP contribution is -1.89. The van der Waals surface area contributed by atoms with Crippen molar-refractivity contribution in [2.45, 2.75) is 0 Å². The predicted molar refractivity (Wildman–Crippen MR) is 89.2 cm³/mol. The van der Waals surface area contributed by atoms with Crippen LogP contribution in [0.1, 0.15) is 0 Å². The highest BCUT2D eigenvalue weighted by Crippen LogP contribution is 2.36. The molecule has 0 spiro atoms. The summed E-state index contributed by atoms with van der Waals surface area (Å²) in [7, 11) is 0. The lowest BCUT2D eigenvalue weighted by atomic mass is 10.0. The average molecular weight is 411 g/mol. The summed E-state index contributed by atoms with van der Waals surface area (Å²) in [5.41, 5.74) is 9.27. The topological polar surface area (TPSA) is 54.7 Å². The number of H-pyrrole nitrogens is 1. The van der Waals surface area contributed by atoms with Crippen molar-refractivity contribution >= 4 is 37.7 Å². The van der Waals surface area contributed by atoms with Gasteiger partial charge in [-0.1, -0.05) is 44.0 Å². The molecule has 106 valence electrons. The van der Waals surface area contributed by atoms with Crippen LogP contribution in [0.15, 0.2) is 51.4 Å². The van der Waals surface area contributed by atoms with Crippen molar-refractivity contribution in [3.63, 3.8) is 0 Å². The van der Waals surface area contributed by atoms with Gasteiger partial charge in [-0.25, -0.2) is 4.39 Å². The molecule has 2 aromatic carbocycles. The Balaban J connectivity index is 2.19. The normalized spacial score (nSPS) is 10.8. The number of benzene rings is 2. The maximum atomic E-state index is 13.1. The van der Waals surface area contributed by atoms with Crippen LogP contribution in [-0.2, 0) is 0 Å². The third kappa shape index (κ3) is 2.87. The molecule has 0 unspecified atom stereocenters. The predicted octanol–water partition coefficient (Wildman–Crippen LogP) is 4.99. The molecular formula is C15H10Br2FN3. The molecule has 3 nitrogen and oxygen atoms in total. The van der Waals surface area contributed by atoms with Gasteiger partial charge >= 0.3 is 0 Å². The van der Waals surface area contributed by atoms with Crippen molar-refractivity contribution in [2.75, 3.05) is 5.73 Å². The summed E-state index contributed by atoms with van der Waals surface area (Å²) in [4.78, 5) is 0. The minimum atomic E-state index is -0.285. The third-order valence-electron chi connectivity index (χ3n) is 3.08. The van der Waals surface area contributed by atoms with Crippen molar-refractivity contribution in [3.05, 3.63) is 57.2 Å². The fraction of sp³-hybridized carbons (Fsp3) is 0. The molecule has 3 N–H and O–H groups in total. The van der Waals surface area contributed by atoms with Crippen LogP contribution in [0, 0.1) is 5.82 Å². The van der Waals surface area contributed by atoms with Crippen LogP contribution in [0.25, 0.3) is 22.4 Å². The summed E-state index contributed by atoms with van der Waals surface area (Å²) in [6, 6.07) is 12.1. The number of aromatic nitrogens is 2. The largest absolute Gasteiger partial charge is 0.382 e. The first-order valence-electron chi connectivity index (χ1n) is 6.11. The Morgan fingerprint density at radius 3 is 2.19 bits per heavy atom. The molecule has 0 amide bonds. The van der Waals surface area contributed by atoms with Gasteiger partial charge in [0.1, 0.15) is 5.82 Å². The molecule has 3 rings (SSSR count). The molecule has 1 heterocycles. The summed E-state index contributed by atoms with van der Waals surface area (Å²) in [5.74, 6) is 0.0975. The zero-order valence-corrected chi connectivity index (χ0v) is 13.9. The zero-order valence-electron chi connectivity index (χ0n) is 10.7. The number of nitrogens with one attached hydrogen (secondary N) is 1. The van der Waals surface area contributed by atoms with E-state index in [1.807, 2.05) is 18.2 Å². The maximum absolute atomic E-state index is 13.1. The van der Waals surface area contributed by atoms with Crippen LogP contribution in [0.5, 0.6) is 0 Å². The first kappa shape index (κ1) is 14.3. The van der Waals surface area contributed by atoms with E-state index in [9.17, 15) is 4.39 Å². The maximum Gasteiger partial charge on any atom is 0.153 e. The lowest BCUT2D eigenvalue weighted by molar-refractivity contribution is 0.628. The SMILES string of the molecule is Nc1n[nH]c(-c2cc(Br)cc(Br)c2)c1-c1ccc(F)cc1. The monoisotopic (exact) mass is 409 g/mol. The number of hydrogen-bond acceptors (Lipinski definition) is 2. The minimum Gasteiger partial charge on any atom is -0.382 e. The van der Waals surface area contributed by atoms with E-state index in [0.29, 0.717) is 5.82 Å². The van der Waals surface area contributed by atoms with Crippen LogP contribution in [0.2, 0.25) is 0 Å². The van der Waals surface area contributed by atoms with Gasteiger partial charge in [-0.2, -0.15) is 5.10 Å². The van der Waals surface area contributed by atoms with Crippen LogP contribution in [0.3, 0.4) is 0 Å². The highest BCUT2D eigenvalue weighted by Gasteiger charge is 2.15. The fourth-order valence-corrected chi connectivity index (χ4v) is 3.47. The summed E-state index contributed by atoms with van der Waals surface area (Å²) in [6.45, 7) is 0. The van der Waals surface area contributed by atoms with Crippen LogP contribution >= 0.6 is 31.9 Å². The van der Waals surface area contributed by atoms with Crippen molar-refractivity contribution in [1.29, 1.82) is 0 Å². The van der Waals surface area contributed by atoms with Gasteiger partial charge in [0, 0.05) is 14.5 Å². The molecule has 0 atom stereocenters. The van der Waals surface area contributed by atoms with Gasteiger partial charge in [-0.15, -0.1) is 0 Å². The number of anilines is 1. The van der Waals surface area contributed by atoms with Gasteiger partial charge < -0.3 is 5.73 Å². The molecule has 1 aromatic heterocycles. The lowest BCUT2D eigenvalue weighted by Gasteiger charge is -2.06. The number of hydrogen-bond donors (Lipinski definition) is 2. The van der Waals surface area contributed by atoms with Gasteiger partial charge in [-0.3, -0.25) is 5.10 Å². The van der Waals surface area contributed by atoms with Gasteiger partial charge in [0.05, 0.1) is 11.3 Å². The van der Waals surface area contributed by atoms with Crippen molar-refractivity contribution in [1.82, 2.24) is 10.2 Å². The van der Waals surface area contributed by atoms with Crippen molar-refractivity contribution in [2.24, 2.45) is 0 Å². The smallest absolute Gasteiger partial charge is 0.153 e. The van der Waals surface area contributed by atoms with Crippen LogP contribution in [0.4, 0.5) is 10.2 Å². The Bertz CT molecular complexity index is 777. The van der Waals surface area contributed by atoms with Crippen LogP contribution < -0.4 is 5.73 Å². The molecule has 0 fully saturated rings. The van der Waals surface area contributed by atoms with Gasteiger partial charge in [0.25, 0.3) is 0 Å². The number of nitrogens with zero attached hydrogens (tertiary/aromatic N) is 1. The molecule has 0 saturated carbocycles. The van der Waals surface area contributed by atoms with Gasteiger partial charge in [0.2, 0.25) is 0 Å². The number of aromatic amines is 1. The summed E-state index contributed by atoms with van der Waals surface area (Å²) in [6.07, 6.45) is 0. The molecule has 0 saturated heterocycles. The Morgan fingerprint density at radius 1 is 0.952 bits per heavy atom. The quantitative estimate of drug-likeness (QED) is 0.625. The van der Waals surface area contributed by atoms with E-state index in [0.717, 1.165) is 31.3 Å². The third-order valence-corrected chi connectivity index (χ3v) is 3.99. The first-order valence-corrected chi connectivity index (χ1v) is 7.69. The highest BCUT2D eigenvalue weighted by atomic mass is 79.9. The molecular weight excluding hydrogens is 401 g/mol. The molecule has 0 aliphatic rings. The highest BCUT2D eigenvalue weighted by molar-refractivity contribution is 9.11. The average Bonchev–Trinajstić information content (AvgIpc) is 2.80. The molecule has 0 aliphatic heterocycles. The van der Waals surface area contributed by atoms with E-state index >= 15 is 0 Å². The summed E-state index contributed by atoms with van der Waals surface area (Å²) in [5, 5.41) is 7.03. The first-order chi connectivity index (χ1) is 10.0. The molecule has 21 heavy (non-hydrogen) atoms. The van der Waals surface area contributed by atoms with Gasteiger partial charge in [-0.05, 0) is 35.9 Å². The molecule has 3 aromatic rings. The second kappa shape index (κ2) is 5.61. The van der Waals surface area contributed by atoms with E-state index in [1.54, 1.807) is 12.1 Å². The number of rotatable bonds is 2. The molecule has 6 heteroatoms. The fourth-order valence-electron chi connectivity index (χ4n) is 2.17.